The molecular formula is C18H21N5OS. The average molecular weight is 355 g/mol. The van der Waals surface area contributed by atoms with Crippen LogP contribution in [0.15, 0.2) is 24.1 Å². The van der Waals surface area contributed by atoms with Crippen LogP contribution in [0.1, 0.15) is 24.1 Å². The first-order valence-electron chi connectivity index (χ1n) is 8.56. The molecule has 0 atom stereocenters. The molecule has 3 aromatic heterocycles. The van der Waals surface area contributed by atoms with Gasteiger partial charge in [-0.1, -0.05) is 0 Å². The summed E-state index contributed by atoms with van der Waals surface area (Å²) in [4.78, 5) is 19.8. The average Bonchev–Trinajstić information content (AvgIpc) is 3.03. The largest absolute Gasteiger partial charge is 0.476 e. The second kappa shape index (κ2) is 6.92. The van der Waals surface area contributed by atoms with Crippen LogP contribution in [-0.2, 0) is 0 Å². The Balaban J connectivity index is 1.39. The summed E-state index contributed by atoms with van der Waals surface area (Å²) in [5, 5.41) is 2.16. The maximum absolute atomic E-state index is 5.88. The molecule has 1 aliphatic heterocycles. The summed E-state index contributed by atoms with van der Waals surface area (Å²) in [5.74, 6) is 2.27. The first-order chi connectivity index (χ1) is 12.2. The smallest absolute Gasteiger partial charge is 0.235 e. The Morgan fingerprint density at radius 1 is 1.12 bits per heavy atom. The Morgan fingerprint density at radius 3 is 2.72 bits per heavy atom. The SMILES string of the molecule is Cc1nccnc1OCC1CCN(c2ncnc3c(C)csc23)CC1. The molecule has 0 radical (unpaired) electrons. The van der Waals surface area contributed by atoms with Gasteiger partial charge in [-0.3, -0.25) is 4.98 Å². The second-order valence-electron chi connectivity index (χ2n) is 6.48. The number of piperidine rings is 1. The van der Waals surface area contributed by atoms with Gasteiger partial charge >= 0.3 is 0 Å². The van der Waals surface area contributed by atoms with Crippen LogP contribution in [0, 0.1) is 19.8 Å². The Labute approximate surface area is 150 Å². The molecule has 0 saturated carbocycles. The summed E-state index contributed by atoms with van der Waals surface area (Å²) in [5.41, 5.74) is 3.15. The number of hydrogen-bond acceptors (Lipinski definition) is 7. The maximum atomic E-state index is 5.88. The molecule has 6 nitrogen and oxygen atoms in total. The molecule has 0 aromatic carbocycles. The molecule has 4 heterocycles. The minimum Gasteiger partial charge on any atom is -0.476 e. The van der Waals surface area contributed by atoms with Crippen molar-refractivity contribution >= 4 is 27.4 Å². The van der Waals surface area contributed by atoms with Crippen molar-refractivity contribution in [2.45, 2.75) is 26.7 Å². The van der Waals surface area contributed by atoms with E-state index in [1.54, 1.807) is 30.1 Å². The predicted molar refractivity (Wildman–Crippen MR) is 99.4 cm³/mol. The highest BCUT2D eigenvalue weighted by Gasteiger charge is 2.23. The Kier molecular flexibility index (Phi) is 4.48. The van der Waals surface area contributed by atoms with E-state index < -0.39 is 0 Å². The lowest BCUT2D eigenvalue weighted by molar-refractivity contribution is 0.214. The Hall–Kier alpha value is -2.28. The van der Waals surface area contributed by atoms with E-state index in [0.29, 0.717) is 18.4 Å². The van der Waals surface area contributed by atoms with Crippen molar-refractivity contribution in [3.8, 4) is 5.88 Å². The van der Waals surface area contributed by atoms with Crippen molar-refractivity contribution in [1.82, 2.24) is 19.9 Å². The molecule has 1 aliphatic rings. The lowest BCUT2D eigenvalue weighted by Gasteiger charge is -2.32. The first-order valence-corrected chi connectivity index (χ1v) is 9.44. The van der Waals surface area contributed by atoms with E-state index in [-0.39, 0.29) is 0 Å². The molecule has 1 fully saturated rings. The molecule has 7 heteroatoms. The van der Waals surface area contributed by atoms with Crippen LogP contribution in [0.2, 0.25) is 0 Å². The van der Waals surface area contributed by atoms with Crippen LogP contribution in [-0.4, -0.2) is 39.6 Å². The number of hydrogen-bond donors (Lipinski definition) is 0. The van der Waals surface area contributed by atoms with Gasteiger partial charge < -0.3 is 9.64 Å². The van der Waals surface area contributed by atoms with Crippen LogP contribution in [0.3, 0.4) is 0 Å². The Bertz CT molecular complexity index is 873. The summed E-state index contributed by atoms with van der Waals surface area (Å²) >= 11 is 1.74. The van der Waals surface area contributed by atoms with E-state index in [2.05, 4.69) is 37.1 Å². The number of aryl methyl sites for hydroxylation is 2. The lowest BCUT2D eigenvalue weighted by Crippen LogP contribution is -2.36. The van der Waals surface area contributed by atoms with Crippen molar-refractivity contribution in [1.29, 1.82) is 0 Å². The number of fused-ring (bicyclic) bond motifs is 1. The Morgan fingerprint density at radius 2 is 1.92 bits per heavy atom. The van der Waals surface area contributed by atoms with E-state index in [0.717, 1.165) is 43.0 Å². The first kappa shape index (κ1) is 16.2. The molecule has 0 aliphatic carbocycles. The monoisotopic (exact) mass is 355 g/mol. The summed E-state index contributed by atoms with van der Waals surface area (Å²) in [6.45, 7) is 6.72. The van der Waals surface area contributed by atoms with Gasteiger partial charge in [0.25, 0.3) is 0 Å². The fourth-order valence-electron chi connectivity index (χ4n) is 3.23. The normalized spacial score (nSPS) is 15.7. The third-order valence-corrected chi connectivity index (χ3v) is 5.80. The standard InChI is InChI=1S/C18H21N5OS/c1-12-10-25-16-15(12)21-11-22-17(16)23-7-3-14(4-8-23)9-24-18-13(2)19-5-6-20-18/h5-6,10-11,14H,3-4,7-9H2,1-2H3. The van der Waals surface area contributed by atoms with Crippen LogP contribution in [0.25, 0.3) is 10.2 Å². The number of thiophene rings is 1. The molecule has 0 N–H and O–H groups in total. The lowest BCUT2D eigenvalue weighted by atomic mass is 9.98. The summed E-state index contributed by atoms with van der Waals surface area (Å²) < 4.78 is 7.07. The highest BCUT2D eigenvalue weighted by Crippen LogP contribution is 2.33. The second-order valence-corrected chi connectivity index (χ2v) is 7.36. The molecule has 4 rings (SSSR count). The number of aromatic nitrogens is 4. The zero-order valence-electron chi connectivity index (χ0n) is 14.5. The van der Waals surface area contributed by atoms with Crippen molar-refractivity contribution < 1.29 is 4.74 Å². The third-order valence-electron chi connectivity index (χ3n) is 4.72. The number of nitrogens with zero attached hydrogens (tertiary/aromatic N) is 5. The summed E-state index contributed by atoms with van der Waals surface area (Å²) in [6, 6.07) is 0. The molecular weight excluding hydrogens is 334 g/mol. The van der Waals surface area contributed by atoms with E-state index in [4.69, 9.17) is 4.74 Å². The fourth-order valence-corrected chi connectivity index (χ4v) is 4.25. The van der Waals surface area contributed by atoms with Crippen molar-refractivity contribution in [2.75, 3.05) is 24.6 Å². The molecule has 25 heavy (non-hydrogen) atoms. The van der Waals surface area contributed by atoms with Gasteiger partial charge in [-0.25, -0.2) is 15.0 Å². The third kappa shape index (κ3) is 3.28. The summed E-state index contributed by atoms with van der Waals surface area (Å²) in [6.07, 6.45) is 7.23. The van der Waals surface area contributed by atoms with E-state index >= 15 is 0 Å². The zero-order valence-corrected chi connectivity index (χ0v) is 15.3. The zero-order chi connectivity index (χ0) is 17.2. The van der Waals surface area contributed by atoms with Gasteiger partial charge in [-0.15, -0.1) is 11.3 Å². The fraction of sp³-hybridized carbons (Fsp3) is 0.444. The van der Waals surface area contributed by atoms with Crippen molar-refractivity contribution in [2.24, 2.45) is 5.92 Å². The van der Waals surface area contributed by atoms with Gasteiger partial charge in [-0.05, 0) is 43.6 Å². The molecule has 0 amide bonds. The van der Waals surface area contributed by atoms with Gasteiger partial charge in [0, 0.05) is 25.5 Å². The summed E-state index contributed by atoms with van der Waals surface area (Å²) in [7, 11) is 0. The molecule has 0 unspecified atom stereocenters. The van der Waals surface area contributed by atoms with Crippen LogP contribution < -0.4 is 9.64 Å². The molecule has 130 valence electrons. The highest BCUT2D eigenvalue weighted by atomic mass is 32.1. The minimum atomic E-state index is 0.542. The number of rotatable bonds is 4. The van der Waals surface area contributed by atoms with Crippen LogP contribution in [0.5, 0.6) is 5.88 Å². The van der Waals surface area contributed by atoms with Crippen molar-refractivity contribution in [3.05, 3.63) is 35.4 Å². The number of ether oxygens (including phenoxy) is 1. The molecule has 3 aromatic rings. The van der Waals surface area contributed by atoms with E-state index in [1.807, 2.05) is 6.92 Å². The van der Waals surface area contributed by atoms with E-state index in [1.165, 1.54) is 10.3 Å². The molecule has 1 saturated heterocycles. The topological polar surface area (TPSA) is 64.0 Å². The van der Waals surface area contributed by atoms with Crippen LogP contribution >= 0.6 is 11.3 Å². The molecule has 0 spiro atoms. The maximum Gasteiger partial charge on any atom is 0.235 e. The van der Waals surface area contributed by atoms with Gasteiger partial charge in [0.2, 0.25) is 5.88 Å². The molecule has 0 bridgehead atoms. The predicted octanol–water partition coefficient (Wildman–Crippen LogP) is 3.39. The van der Waals surface area contributed by atoms with Gasteiger partial charge in [0.15, 0.2) is 0 Å². The quantitative estimate of drug-likeness (QED) is 0.715. The van der Waals surface area contributed by atoms with Crippen molar-refractivity contribution in [3.63, 3.8) is 0 Å². The van der Waals surface area contributed by atoms with Crippen LogP contribution in [0.4, 0.5) is 5.82 Å². The van der Waals surface area contributed by atoms with E-state index in [9.17, 15) is 0 Å². The minimum absolute atomic E-state index is 0.542. The number of anilines is 1. The van der Waals surface area contributed by atoms with Gasteiger partial charge in [0.05, 0.1) is 22.5 Å². The highest BCUT2D eigenvalue weighted by molar-refractivity contribution is 7.18. The van der Waals surface area contributed by atoms with Gasteiger partial charge in [-0.2, -0.15) is 0 Å². The van der Waals surface area contributed by atoms with Gasteiger partial charge in [0.1, 0.15) is 12.1 Å².